The van der Waals surface area contributed by atoms with E-state index < -0.39 is 0 Å². The summed E-state index contributed by atoms with van der Waals surface area (Å²) in [4.78, 5) is 0. The SMILES string of the molecule is CC.CC.N=C/C=N\Nc1ccccc1. The van der Waals surface area contributed by atoms with E-state index in [1.807, 2.05) is 58.0 Å². The lowest BCUT2D eigenvalue weighted by molar-refractivity contribution is 1.36. The van der Waals surface area contributed by atoms with Crippen LogP contribution in [-0.4, -0.2) is 12.4 Å². The lowest BCUT2D eigenvalue weighted by atomic mass is 10.3. The minimum Gasteiger partial charge on any atom is -0.307 e. The van der Waals surface area contributed by atoms with Crippen molar-refractivity contribution < 1.29 is 0 Å². The second-order valence-corrected chi connectivity index (χ2v) is 1.92. The molecule has 1 rings (SSSR count). The molecule has 0 saturated carbocycles. The maximum absolute atomic E-state index is 6.65. The molecule has 0 bridgehead atoms. The Labute approximate surface area is 92.7 Å². The van der Waals surface area contributed by atoms with Crippen molar-refractivity contribution in [1.29, 1.82) is 5.41 Å². The highest BCUT2D eigenvalue weighted by molar-refractivity contribution is 6.14. The van der Waals surface area contributed by atoms with Crippen LogP contribution in [0.5, 0.6) is 0 Å². The van der Waals surface area contributed by atoms with Gasteiger partial charge in [-0.3, -0.25) is 5.43 Å². The van der Waals surface area contributed by atoms with Gasteiger partial charge in [-0.1, -0.05) is 45.9 Å². The molecule has 0 saturated heterocycles. The van der Waals surface area contributed by atoms with Crippen molar-refractivity contribution in [2.75, 3.05) is 5.43 Å². The summed E-state index contributed by atoms with van der Waals surface area (Å²) in [5.74, 6) is 0. The first-order valence-corrected chi connectivity index (χ1v) is 5.26. The van der Waals surface area contributed by atoms with E-state index in [0.29, 0.717) is 0 Å². The Balaban J connectivity index is 0. The fourth-order valence-electron chi connectivity index (χ4n) is 0.662. The third-order valence-electron chi connectivity index (χ3n) is 1.12. The Bertz CT molecular complexity index is 242. The Kier molecular flexibility index (Phi) is 15.7. The van der Waals surface area contributed by atoms with Crippen LogP contribution in [0.2, 0.25) is 0 Å². The molecule has 15 heavy (non-hydrogen) atoms. The lowest BCUT2D eigenvalue weighted by Crippen LogP contribution is -1.87. The number of benzene rings is 1. The average molecular weight is 207 g/mol. The van der Waals surface area contributed by atoms with Gasteiger partial charge in [-0.25, -0.2) is 0 Å². The third kappa shape index (κ3) is 10.3. The van der Waals surface area contributed by atoms with Gasteiger partial charge >= 0.3 is 0 Å². The van der Waals surface area contributed by atoms with Gasteiger partial charge < -0.3 is 5.41 Å². The highest BCUT2D eigenvalue weighted by atomic mass is 15.3. The first kappa shape index (κ1) is 15.8. The standard InChI is InChI=1S/C8H9N3.2C2H6/c9-6-7-10-11-8-4-2-1-3-5-8;2*1-2/h1-7,9,11H;2*1-2H3/b9-6?,10-7-;;. The molecule has 1 aromatic rings. The van der Waals surface area contributed by atoms with Crippen LogP contribution in [0, 0.1) is 5.41 Å². The molecule has 0 fully saturated rings. The van der Waals surface area contributed by atoms with Gasteiger partial charge in [0, 0.05) is 6.21 Å². The van der Waals surface area contributed by atoms with Crippen LogP contribution >= 0.6 is 0 Å². The molecule has 3 nitrogen and oxygen atoms in total. The van der Waals surface area contributed by atoms with Crippen molar-refractivity contribution in [1.82, 2.24) is 0 Å². The summed E-state index contributed by atoms with van der Waals surface area (Å²) in [5, 5.41) is 10.4. The van der Waals surface area contributed by atoms with Crippen LogP contribution in [0.3, 0.4) is 0 Å². The molecule has 0 spiro atoms. The number of hydrogen-bond donors (Lipinski definition) is 2. The van der Waals surface area contributed by atoms with Crippen LogP contribution in [0.15, 0.2) is 35.4 Å². The third-order valence-corrected chi connectivity index (χ3v) is 1.12. The topological polar surface area (TPSA) is 48.2 Å². The number of nitrogens with zero attached hydrogens (tertiary/aromatic N) is 1. The number of anilines is 1. The molecular weight excluding hydrogens is 186 g/mol. The number of hydrazone groups is 1. The summed E-state index contributed by atoms with van der Waals surface area (Å²) >= 11 is 0. The zero-order valence-corrected chi connectivity index (χ0v) is 9.99. The van der Waals surface area contributed by atoms with Crippen molar-refractivity contribution in [3.05, 3.63) is 30.3 Å². The van der Waals surface area contributed by atoms with Crippen molar-refractivity contribution in [3.63, 3.8) is 0 Å². The van der Waals surface area contributed by atoms with Crippen molar-refractivity contribution in [2.24, 2.45) is 5.10 Å². The molecule has 0 atom stereocenters. The van der Waals surface area contributed by atoms with Crippen LogP contribution in [0.25, 0.3) is 0 Å². The van der Waals surface area contributed by atoms with Gasteiger partial charge in [0.25, 0.3) is 0 Å². The predicted molar refractivity (Wildman–Crippen MR) is 70.0 cm³/mol. The van der Waals surface area contributed by atoms with Crippen molar-refractivity contribution in [3.8, 4) is 0 Å². The molecule has 0 aliphatic carbocycles. The molecule has 0 amide bonds. The minimum atomic E-state index is 0.922. The van der Waals surface area contributed by atoms with E-state index >= 15 is 0 Å². The van der Waals surface area contributed by atoms with E-state index in [0.717, 1.165) is 11.9 Å². The van der Waals surface area contributed by atoms with Gasteiger partial charge in [0.15, 0.2) is 0 Å². The first-order valence-electron chi connectivity index (χ1n) is 5.26. The number of para-hydroxylation sites is 1. The molecule has 3 heteroatoms. The van der Waals surface area contributed by atoms with E-state index in [4.69, 9.17) is 5.41 Å². The number of hydrogen-bond acceptors (Lipinski definition) is 3. The van der Waals surface area contributed by atoms with Crippen molar-refractivity contribution in [2.45, 2.75) is 27.7 Å². The Hall–Kier alpha value is -1.64. The number of rotatable bonds is 3. The highest BCUT2D eigenvalue weighted by Crippen LogP contribution is 2.03. The van der Waals surface area contributed by atoms with E-state index in [1.165, 1.54) is 6.21 Å². The number of nitrogens with one attached hydrogen (secondary N) is 2. The van der Waals surface area contributed by atoms with E-state index in [2.05, 4.69) is 10.5 Å². The van der Waals surface area contributed by atoms with E-state index in [-0.39, 0.29) is 0 Å². The molecule has 0 aromatic heterocycles. The van der Waals surface area contributed by atoms with E-state index in [1.54, 1.807) is 0 Å². The molecule has 0 aliphatic rings. The zero-order chi connectivity index (χ0) is 11.9. The Morgan fingerprint density at radius 1 is 1.07 bits per heavy atom. The second-order valence-electron chi connectivity index (χ2n) is 1.92. The molecular formula is C12H21N3. The molecule has 84 valence electrons. The Morgan fingerprint density at radius 3 is 2.07 bits per heavy atom. The van der Waals surface area contributed by atoms with Crippen LogP contribution < -0.4 is 5.43 Å². The molecule has 0 radical (unpaired) electrons. The maximum Gasteiger partial charge on any atom is 0.0648 e. The molecule has 0 heterocycles. The quantitative estimate of drug-likeness (QED) is 0.575. The normalized spacial score (nSPS) is 8.00. The van der Waals surface area contributed by atoms with Gasteiger partial charge in [-0.15, -0.1) is 0 Å². The van der Waals surface area contributed by atoms with Gasteiger partial charge in [-0.05, 0) is 12.1 Å². The zero-order valence-electron chi connectivity index (χ0n) is 9.99. The molecule has 0 unspecified atom stereocenters. The molecule has 1 aromatic carbocycles. The van der Waals surface area contributed by atoms with Crippen LogP contribution in [-0.2, 0) is 0 Å². The monoisotopic (exact) mass is 207 g/mol. The molecule has 2 N–H and O–H groups in total. The Morgan fingerprint density at radius 2 is 1.60 bits per heavy atom. The summed E-state index contributed by atoms with van der Waals surface area (Å²) in [6.45, 7) is 8.00. The summed E-state index contributed by atoms with van der Waals surface area (Å²) < 4.78 is 0. The fourth-order valence-corrected chi connectivity index (χ4v) is 0.662. The molecule has 0 aliphatic heterocycles. The first-order chi connectivity index (χ1) is 7.43. The second kappa shape index (κ2) is 14.9. The largest absolute Gasteiger partial charge is 0.307 e. The van der Waals surface area contributed by atoms with E-state index in [9.17, 15) is 0 Å². The average Bonchev–Trinajstić information content (AvgIpc) is 2.36. The minimum absolute atomic E-state index is 0.922. The van der Waals surface area contributed by atoms with Crippen molar-refractivity contribution >= 4 is 18.1 Å². The fraction of sp³-hybridized carbons (Fsp3) is 0.333. The lowest BCUT2D eigenvalue weighted by Gasteiger charge is -1.95. The van der Waals surface area contributed by atoms with Crippen LogP contribution in [0.4, 0.5) is 5.69 Å². The highest BCUT2D eigenvalue weighted by Gasteiger charge is 1.81. The summed E-state index contributed by atoms with van der Waals surface area (Å²) in [6, 6.07) is 9.58. The maximum atomic E-state index is 6.65. The van der Waals surface area contributed by atoms with Gasteiger partial charge in [0.05, 0.1) is 11.9 Å². The summed E-state index contributed by atoms with van der Waals surface area (Å²) in [5.41, 5.74) is 3.69. The van der Waals surface area contributed by atoms with Gasteiger partial charge in [0.2, 0.25) is 0 Å². The summed E-state index contributed by atoms with van der Waals surface area (Å²) in [7, 11) is 0. The van der Waals surface area contributed by atoms with Gasteiger partial charge in [-0.2, -0.15) is 5.10 Å². The van der Waals surface area contributed by atoms with Crippen LogP contribution in [0.1, 0.15) is 27.7 Å². The van der Waals surface area contributed by atoms with Gasteiger partial charge in [0.1, 0.15) is 0 Å². The smallest absolute Gasteiger partial charge is 0.0648 e. The summed E-state index contributed by atoms with van der Waals surface area (Å²) in [6.07, 6.45) is 2.50. The predicted octanol–water partition coefficient (Wildman–Crippen LogP) is 3.79.